The Morgan fingerprint density at radius 1 is 0.722 bits per heavy atom. The van der Waals surface area contributed by atoms with Crippen LogP contribution in [-0.2, 0) is 25.7 Å². The molecule has 0 spiro atoms. The molecule has 0 saturated heterocycles. The highest BCUT2D eigenvalue weighted by Crippen LogP contribution is 2.26. The van der Waals surface area contributed by atoms with Gasteiger partial charge < -0.3 is 9.47 Å². The quantitative estimate of drug-likeness (QED) is 0.196. The van der Waals surface area contributed by atoms with Crippen molar-refractivity contribution in [2.45, 2.75) is 45.6 Å². The molecule has 36 heavy (non-hydrogen) atoms. The minimum absolute atomic E-state index is 0.292. The number of rotatable bonds is 11. The highest BCUT2D eigenvalue weighted by molar-refractivity contribution is 5.84. The van der Waals surface area contributed by atoms with Crippen molar-refractivity contribution in [2.75, 3.05) is 6.61 Å². The maximum atomic E-state index is 15.2. The maximum absolute atomic E-state index is 15.2. The molecule has 188 valence electrons. The zero-order valence-corrected chi connectivity index (χ0v) is 20.1. The van der Waals surface area contributed by atoms with E-state index in [-0.39, 0.29) is 5.82 Å². The Bertz CT molecular complexity index is 1300. The van der Waals surface area contributed by atoms with E-state index in [4.69, 9.17) is 4.74 Å². The van der Waals surface area contributed by atoms with Crippen LogP contribution in [-0.4, -0.2) is 13.2 Å². The molecule has 0 aliphatic heterocycles. The van der Waals surface area contributed by atoms with Gasteiger partial charge in [0.2, 0.25) is 0 Å². The lowest BCUT2D eigenvalue weighted by molar-refractivity contribution is -0.0522. The van der Waals surface area contributed by atoms with Gasteiger partial charge in [-0.25, -0.2) is 8.78 Å². The van der Waals surface area contributed by atoms with Crippen molar-refractivity contribution in [3.05, 3.63) is 107 Å². The number of ether oxygens (including phenoxy) is 2. The molecule has 0 radical (unpaired) electrons. The van der Waals surface area contributed by atoms with Crippen molar-refractivity contribution in [3.8, 4) is 11.5 Å². The van der Waals surface area contributed by atoms with Crippen molar-refractivity contribution < 1.29 is 27.0 Å². The molecule has 0 unspecified atom stereocenters. The second-order valence-electron chi connectivity index (χ2n) is 8.73. The van der Waals surface area contributed by atoms with E-state index in [1.54, 1.807) is 12.1 Å². The Labute approximate surface area is 208 Å². The van der Waals surface area contributed by atoms with Crippen LogP contribution >= 0.6 is 0 Å². The summed E-state index contributed by atoms with van der Waals surface area (Å²) >= 11 is 0. The highest BCUT2D eigenvalue weighted by atomic mass is 19.3. The Kier molecular flexibility index (Phi) is 8.47. The molecule has 0 saturated carbocycles. The second kappa shape index (κ2) is 11.9. The van der Waals surface area contributed by atoms with E-state index in [1.807, 2.05) is 30.3 Å². The van der Waals surface area contributed by atoms with Crippen LogP contribution in [0.15, 0.2) is 72.8 Å². The number of benzene rings is 4. The Morgan fingerprint density at radius 2 is 1.39 bits per heavy atom. The van der Waals surface area contributed by atoms with E-state index in [1.165, 1.54) is 17.7 Å². The summed E-state index contributed by atoms with van der Waals surface area (Å²) in [7, 11) is 0. The lowest BCUT2D eigenvalue weighted by atomic mass is 9.97. The predicted octanol–water partition coefficient (Wildman–Crippen LogP) is 8.08. The zero-order chi connectivity index (χ0) is 25.5. The molecule has 0 fully saturated rings. The molecule has 4 rings (SSSR count). The topological polar surface area (TPSA) is 18.5 Å². The summed E-state index contributed by atoms with van der Waals surface area (Å²) < 4.78 is 63.5. The predicted molar refractivity (Wildman–Crippen MR) is 134 cm³/mol. The van der Waals surface area contributed by atoms with Gasteiger partial charge in [0.25, 0.3) is 0 Å². The van der Waals surface area contributed by atoms with E-state index < -0.39 is 18.2 Å². The van der Waals surface area contributed by atoms with Crippen molar-refractivity contribution in [3.63, 3.8) is 0 Å². The SMILES string of the molecule is CCCOc1ccc(CCc2ccc3c(F)c(CCc4ccc(OC(F)F)c(F)c4)ccc3c2)cc1. The van der Waals surface area contributed by atoms with Crippen molar-refractivity contribution in [1.82, 2.24) is 0 Å². The molecule has 6 heteroatoms. The summed E-state index contributed by atoms with van der Waals surface area (Å²) in [5.74, 6) is -0.778. The Balaban J connectivity index is 1.39. The number of alkyl halides is 2. The summed E-state index contributed by atoms with van der Waals surface area (Å²) in [6.07, 6.45) is 3.41. The number of hydrogen-bond acceptors (Lipinski definition) is 2. The van der Waals surface area contributed by atoms with E-state index in [2.05, 4.69) is 23.8 Å². The molecule has 0 atom stereocenters. The first-order valence-corrected chi connectivity index (χ1v) is 12.1. The van der Waals surface area contributed by atoms with Crippen LogP contribution in [0.4, 0.5) is 17.6 Å². The normalized spacial score (nSPS) is 11.3. The van der Waals surface area contributed by atoms with Gasteiger partial charge in [-0.2, -0.15) is 8.78 Å². The Hall–Kier alpha value is -3.54. The lowest BCUT2D eigenvalue weighted by Crippen LogP contribution is -2.04. The minimum atomic E-state index is -3.09. The van der Waals surface area contributed by atoms with Crippen LogP contribution in [0.2, 0.25) is 0 Å². The standard InChI is InChI=1S/C30H28F4O2/c1-2-17-35-25-13-6-20(7-14-25)3-4-21-8-15-26-24(18-21)12-11-23(29(26)32)10-5-22-9-16-28(27(31)19-22)36-30(33)34/h6-9,11-16,18-19,30H,2-5,10,17H2,1H3. The third kappa shape index (κ3) is 6.56. The number of aryl methyl sites for hydroxylation is 4. The summed E-state index contributed by atoms with van der Waals surface area (Å²) in [5, 5.41) is 1.37. The van der Waals surface area contributed by atoms with E-state index in [9.17, 15) is 13.2 Å². The van der Waals surface area contributed by atoms with Gasteiger partial charge in [-0.1, -0.05) is 55.5 Å². The van der Waals surface area contributed by atoms with E-state index in [0.29, 0.717) is 36.0 Å². The first-order valence-electron chi connectivity index (χ1n) is 12.1. The van der Waals surface area contributed by atoms with Gasteiger partial charge >= 0.3 is 6.61 Å². The second-order valence-corrected chi connectivity index (χ2v) is 8.73. The summed E-state index contributed by atoms with van der Waals surface area (Å²) in [6.45, 7) is -0.306. The third-order valence-electron chi connectivity index (χ3n) is 6.09. The zero-order valence-electron chi connectivity index (χ0n) is 20.1. The van der Waals surface area contributed by atoms with Crippen LogP contribution < -0.4 is 9.47 Å². The van der Waals surface area contributed by atoms with Gasteiger partial charge in [0, 0.05) is 5.39 Å². The summed E-state index contributed by atoms with van der Waals surface area (Å²) in [5.41, 5.74) is 3.44. The fraction of sp³-hybridized carbons (Fsp3) is 0.267. The average Bonchev–Trinajstić information content (AvgIpc) is 2.87. The molecule has 0 amide bonds. The molecular weight excluding hydrogens is 468 g/mol. The molecular formula is C30H28F4O2. The van der Waals surface area contributed by atoms with Crippen LogP contribution in [0.3, 0.4) is 0 Å². The van der Waals surface area contributed by atoms with Gasteiger partial charge in [0.15, 0.2) is 11.6 Å². The van der Waals surface area contributed by atoms with Crippen LogP contribution in [0.1, 0.15) is 35.6 Å². The Morgan fingerprint density at radius 3 is 2.11 bits per heavy atom. The monoisotopic (exact) mass is 496 g/mol. The van der Waals surface area contributed by atoms with Gasteiger partial charge in [-0.15, -0.1) is 0 Å². The third-order valence-corrected chi connectivity index (χ3v) is 6.09. The molecule has 0 heterocycles. The molecule has 2 nitrogen and oxygen atoms in total. The van der Waals surface area contributed by atoms with Crippen LogP contribution in [0, 0.1) is 11.6 Å². The fourth-order valence-corrected chi connectivity index (χ4v) is 4.17. The van der Waals surface area contributed by atoms with Crippen molar-refractivity contribution in [2.24, 2.45) is 0 Å². The molecule has 0 aliphatic carbocycles. The van der Waals surface area contributed by atoms with Gasteiger partial charge in [-0.05, 0) is 84.0 Å². The lowest BCUT2D eigenvalue weighted by Gasteiger charge is -2.10. The smallest absolute Gasteiger partial charge is 0.387 e. The molecule has 0 N–H and O–H groups in total. The van der Waals surface area contributed by atoms with E-state index >= 15 is 4.39 Å². The van der Waals surface area contributed by atoms with Crippen LogP contribution in [0.5, 0.6) is 11.5 Å². The first kappa shape index (κ1) is 25.5. The van der Waals surface area contributed by atoms with Crippen molar-refractivity contribution >= 4 is 10.8 Å². The molecule has 4 aromatic carbocycles. The van der Waals surface area contributed by atoms with Gasteiger partial charge in [-0.3, -0.25) is 0 Å². The van der Waals surface area contributed by atoms with Crippen molar-refractivity contribution in [1.29, 1.82) is 0 Å². The maximum Gasteiger partial charge on any atom is 0.387 e. The molecule has 4 aromatic rings. The van der Waals surface area contributed by atoms with Gasteiger partial charge in [0.05, 0.1) is 6.61 Å². The number of fused-ring (bicyclic) bond motifs is 1. The van der Waals surface area contributed by atoms with Crippen LogP contribution in [0.25, 0.3) is 10.8 Å². The van der Waals surface area contributed by atoms with E-state index in [0.717, 1.165) is 42.0 Å². The largest absolute Gasteiger partial charge is 0.494 e. The molecule has 0 aliphatic rings. The summed E-state index contributed by atoms with van der Waals surface area (Å²) in [4.78, 5) is 0. The first-order chi connectivity index (χ1) is 17.4. The fourth-order valence-electron chi connectivity index (χ4n) is 4.17. The number of halogens is 4. The minimum Gasteiger partial charge on any atom is -0.494 e. The highest BCUT2D eigenvalue weighted by Gasteiger charge is 2.12. The number of hydrogen-bond donors (Lipinski definition) is 0. The molecule has 0 aromatic heterocycles. The summed E-state index contributed by atoms with van der Waals surface area (Å²) in [6, 6.07) is 21.4. The van der Waals surface area contributed by atoms with Gasteiger partial charge in [0.1, 0.15) is 11.6 Å². The molecule has 0 bridgehead atoms. The average molecular weight is 497 g/mol.